The molecule has 12 rings (SSSR count). The van der Waals surface area contributed by atoms with Crippen molar-refractivity contribution in [2.24, 2.45) is 93.7 Å². The molecule has 0 unspecified atom stereocenters. The molecule has 4 nitrogen and oxygen atoms in total. The summed E-state index contributed by atoms with van der Waals surface area (Å²) < 4.78 is 13.2. The lowest BCUT2D eigenvalue weighted by atomic mass is 9.45. The van der Waals surface area contributed by atoms with E-state index in [1.54, 1.807) is 0 Å². The lowest BCUT2D eigenvalue weighted by Crippen LogP contribution is -2.57. The third-order valence-corrected chi connectivity index (χ3v) is 19.9. The second kappa shape index (κ2) is 32.8. The zero-order valence-corrected chi connectivity index (χ0v) is 33.2. The number of fused-ring (bicyclic) bond motifs is 18. The SMILES string of the molecule is C.C.C.C.C.C.C.C.C.C.C.C.C.C.C.C.C.C.C.C.CC[C@@H]1CC2=CC(=O)CC[C@@H]2[C@H]2CC[C@@]3(CC)[C@@H]([C@@H]4C[C@@H]4[C@@]34C=CCO4)[C@H]12.CC[C@]12CC[C@H]3[C@H]([C@@H]1[C@@H]1C[C@@H]1[C@@]21C=CCO1)[C@H](C)CC1=CC(=O)CC[C@@H]13. The molecule has 0 N–H and O–H groups in total. The van der Waals surface area contributed by atoms with Crippen molar-refractivity contribution < 1.29 is 19.1 Å². The lowest BCUT2D eigenvalue weighted by molar-refractivity contribution is -0.152. The minimum absolute atomic E-state index is 0. The predicted molar refractivity (Wildman–Crippen MR) is 342 cm³/mol. The first-order chi connectivity index (χ1) is 25.8. The van der Waals surface area contributed by atoms with E-state index in [1.165, 1.54) is 81.8 Å². The third kappa shape index (κ3) is 12.1. The van der Waals surface area contributed by atoms with Crippen LogP contribution in [0.1, 0.15) is 273 Å². The molecule has 18 atom stereocenters. The maximum absolute atomic E-state index is 12.1. The van der Waals surface area contributed by atoms with E-state index in [0.29, 0.717) is 34.2 Å². The number of ketones is 2. The summed E-state index contributed by atoms with van der Waals surface area (Å²) in [7, 11) is 0. The van der Waals surface area contributed by atoms with Crippen LogP contribution in [0.25, 0.3) is 0 Å². The van der Waals surface area contributed by atoms with Crippen molar-refractivity contribution in [2.75, 3.05) is 13.2 Å². The van der Waals surface area contributed by atoms with Crippen LogP contribution >= 0.6 is 0 Å². The van der Waals surface area contributed by atoms with Crippen LogP contribution in [0.5, 0.6) is 0 Å². The van der Waals surface area contributed by atoms with Crippen LogP contribution in [-0.2, 0) is 19.1 Å². The molecule has 2 aliphatic heterocycles. The Kier molecular flexibility index (Phi) is 42.2. The predicted octanol–water partition coefficient (Wildman–Crippen LogP) is 23.0. The summed E-state index contributed by atoms with van der Waals surface area (Å²) in [4.78, 5) is 24.1. The molecule has 2 spiro atoms. The van der Waals surface area contributed by atoms with Gasteiger partial charge in [0.1, 0.15) is 0 Å². The Labute approximate surface area is 466 Å². The highest BCUT2D eigenvalue weighted by molar-refractivity contribution is 5.91. The Hall–Kier alpha value is -1.78. The number of carbonyl (C=O) groups is 2. The highest BCUT2D eigenvalue weighted by Crippen LogP contribution is 2.80. The van der Waals surface area contributed by atoms with E-state index in [0.717, 1.165) is 110 Å². The van der Waals surface area contributed by atoms with E-state index in [4.69, 9.17) is 9.47 Å². The van der Waals surface area contributed by atoms with Gasteiger partial charge < -0.3 is 9.47 Å². The first-order valence-corrected chi connectivity index (χ1v) is 22.9. The van der Waals surface area contributed by atoms with Gasteiger partial charge >= 0.3 is 0 Å². The molecule has 0 aromatic heterocycles. The Morgan fingerprint density at radius 3 is 1.22 bits per heavy atom. The van der Waals surface area contributed by atoms with Crippen LogP contribution in [0.3, 0.4) is 0 Å². The van der Waals surface area contributed by atoms with Gasteiger partial charge in [-0.1, -0.05) is 218 Å². The molecule has 8 fully saturated rings. The topological polar surface area (TPSA) is 52.6 Å². The largest absolute Gasteiger partial charge is 0.366 e. The Balaban J connectivity index is -0.000000107. The number of hydrogen-bond donors (Lipinski definition) is 0. The molecule has 2 heterocycles. The van der Waals surface area contributed by atoms with Crippen molar-refractivity contribution in [1.82, 2.24) is 0 Å². The highest BCUT2D eigenvalue weighted by atomic mass is 16.5. The molecule has 4 heteroatoms. The average molecular weight is 1040 g/mol. The van der Waals surface area contributed by atoms with Crippen molar-refractivity contribution in [1.29, 1.82) is 0 Å². The average Bonchev–Trinajstić information content (AvgIpc) is 3.97. The van der Waals surface area contributed by atoms with Crippen molar-refractivity contribution in [3.63, 3.8) is 0 Å². The van der Waals surface area contributed by atoms with Crippen LogP contribution < -0.4 is 0 Å². The monoisotopic (exact) mass is 1040 g/mol. The van der Waals surface area contributed by atoms with Gasteiger partial charge in [0.2, 0.25) is 0 Å². The molecule has 0 aromatic rings. The third-order valence-electron chi connectivity index (χ3n) is 19.9. The van der Waals surface area contributed by atoms with Gasteiger partial charge in [0.05, 0.1) is 24.4 Å². The Bertz CT molecular complexity index is 1700. The van der Waals surface area contributed by atoms with Gasteiger partial charge in [-0.3, -0.25) is 9.59 Å². The molecule has 0 amide bonds. The molecular formula is C69H146O4. The first-order valence-electron chi connectivity index (χ1n) is 22.9. The summed E-state index contributed by atoms with van der Waals surface area (Å²) in [5, 5.41) is 0. The fraction of sp³-hybridized carbons (Fsp3) is 0.855. The van der Waals surface area contributed by atoms with Crippen LogP contribution in [0.15, 0.2) is 47.6 Å². The molecule has 12 aliphatic rings. The van der Waals surface area contributed by atoms with Gasteiger partial charge in [0.25, 0.3) is 0 Å². The zero-order chi connectivity index (χ0) is 36.1. The molecule has 446 valence electrons. The van der Waals surface area contributed by atoms with Crippen molar-refractivity contribution in [3.05, 3.63) is 47.6 Å². The lowest BCUT2D eigenvalue weighted by Gasteiger charge is -2.60. The van der Waals surface area contributed by atoms with Gasteiger partial charge in [-0.15, -0.1) is 0 Å². The maximum atomic E-state index is 12.1. The smallest absolute Gasteiger partial charge is 0.155 e. The standard InChI is InChI=1S/C25H34O2.C24H32O2.20CH4/c1-3-15-12-16-13-17(26)6-7-18(16)19-8-10-24(4-2)23(22(15)19)20-14-21(20)25(24)9-5-11-27-25;1-3-23-9-7-18-17-6-5-16(25)12-15(17)11-14(2)21(18)22(23)19-13-20(19)24(23)8-4-10-26-24;;;;;;;;;;;;;;;;;;;;/h5,9,13,15,18-23H,3-4,6-8,10-12,14H2,1-2H3;4,8,12,14,17-22H,3,5-7,9-11,13H2,1-2H3;20*1H4/t15-,18+,19-,20-,21+,22-,23+,24+,25+;14-,17+,18-,19-,20+,21-,22+,23+,24+;;;;;;;;;;;;;;;;;;;;/m11..................../s1. The number of carbonyl (C=O) groups excluding carboxylic acids is 2. The van der Waals surface area contributed by atoms with Crippen molar-refractivity contribution in [2.45, 2.75) is 284 Å². The molecule has 8 saturated carbocycles. The summed E-state index contributed by atoms with van der Waals surface area (Å²) in [6.07, 6.45) is 32.0. The van der Waals surface area contributed by atoms with E-state index in [2.05, 4.69) is 58.1 Å². The number of hydrogen-bond acceptors (Lipinski definition) is 4. The number of rotatable bonds is 3. The number of ether oxygens (including phenoxy) is 2. The highest BCUT2D eigenvalue weighted by Gasteiger charge is 2.79. The summed E-state index contributed by atoms with van der Waals surface area (Å²) in [6, 6.07) is 0. The second-order valence-electron chi connectivity index (χ2n) is 20.9. The van der Waals surface area contributed by atoms with Gasteiger partial charge in [0, 0.05) is 23.7 Å². The summed E-state index contributed by atoms with van der Waals surface area (Å²) in [6.45, 7) is 11.4. The van der Waals surface area contributed by atoms with Crippen LogP contribution in [0, 0.1) is 93.7 Å². The van der Waals surface area contributed by atoms with Crippen LogP contribution in [-0.4, -0.2) is 36.0 Å². The van der Waals surface area contributed by atoms with E-state index < -0.39 is 0 Å². The van der Waals surface area contributed by atoms with E-state index in [9.17, 15) is 9.59 Å². The summed E-state index contributed by atoms with van der Waals surface area (Å²) >= 11 is 0. The zero-order valence-electron chi connectivity index (χ0n) is 33.2. The fourth-order valence-electron chi connectivity index (χ4n) is 18.3. The van der Waals surface area contributed by atoms with Gasteiger partial charge in [0.15, 0.2) is 11.6 Å². The van der Waals surface area contributed by atoms with Crippen LogP contribution in [0.2, 0.25) is 0 Å². The van der Waals surface area contributed by atoms with Gasteiger partial charge in [-0.05, 0) is 172 Å². The molecular weight excluding hydrogens is 893 g/mol. The second-order valence-corrected chi connectivity index (χ2v) is 20.9. The van der Waals surface area contributed by atoms with Gasteiger partial charge in [-0.25, -0.2) is 0 Å². The molecule has 0 aromatic carbocycles. The fourth-order valence-corrected chi connectivity index (χ4v) is 18.3. The minimum atomic E-state index is 0. The van der Waals surface area contributed by atoms with E-state index >= 15 is 0 Å². The van der Waals surface area contributed by atoms with E-state index in [-0.39, 0.29) is 160 Å². The maximum Gasteiger partial charge on any atom is 0.155 e. The normalized spacial score (nSPS) is 40.5. The molecule has 73 heavy (non-hydrogen) atoms. The molecule has 0 bridgehead atoms. The molecule has 0 saturated heterocycles. The van der Waals surface area contributed by atoms with Crippen molar-refractivity contribution >= 4 is 11.6 Å². The number of allylic oxidation sites excluding steroid dienone is 2. The summed E-state index contributed by atoms with van der Waals surface area (Å²) in [5.74, 6) is 12.2. The van der Waals surface area contributed by atoms with Gasteiger partial charge in [-0.2, -0.15) is 0 Å². The first kappa shape index (κ1) is 93.7. The minimum Gasteiger partial charge on any atom is -0.366 e. The quantitative estimate of drug-likeness (QED) is 0.264. The molecule has 0 radical (unpaired) electrons. The molecule has 10 aliphatic carbocycles. The van der Waals surface area contributed by atoms with Crippen LogP contribution in [0.4, 0.5) is 0 Å². The van der Waals surface area contributed by atoms with E-state index in [1.807, 2.05) is 6.08 Å². The Morgan fingerprint density at radius 2 is 0.863 bits per heavy atom. The summed E-state index contributed by atoms with van der Waals surface area (Å²) in [5.41, 5.74) is 3.94. The van der Waals surface area contributed by atoms with Crippen molar-refractivity contribution in [3.8, 4) is 0 Å². The Morgan fingerprint density at radius 1 is 0.493 bits per heavy atom.